The molecule has 2 aromatic carbocycles. The Labute approximate surface area is 190 Å². The third-order valence-corrected chi connectivity index (χ3v) is 4.69. The Hall–Kier alpha value is -3.17. The molecule has 0 radical (unpaired) electrons. The molecule has 8 nitrogen and oxygen atoms in total. The summed E-state index contributed by atoms with van der Waals surface area (Å²) >= 11 is 5.95. The van der Waals surface area contributed by atoms with Gasteiger partial charge in [-0.2, -0.15) is 9.97 Å². The minimum Gasteiger partial charge on any atom is -0.488 e. The molecule has 0 aliphatic carbocycles. The lowest BCUT2D eigenvalue weighted by Crippen LogP contribution is -2.29. The topological polar surface area (TPSA) is 101 Å². The minimum absolute atomic E-state index is 0.0526. The number of aliphatic hydroxyl groups is 1. The number of nitrogens with zero attached hydrogens (tertiary/aromatic N) is 3. The van der Waals surface area contributed by atoms with Crippen LogP contribution in [-0.2, 0) is 6.54 Å². The molecule has 32 heavy (non-hydrogen) atoms. The molecule has 0 spiro atoms. The van der Waals surface area contributed by atoms with Gasteiger partial charge < -0.3 is 20.5 Å². The van der Waals surface area contributed by atoms with Gasteiger partial charge in [0.15, 0.2) is 11.6 Å². The van der Waals surface area contributed by atoms with E-state index in [0.717, 1.165) is 5.56 Å². The average molecular weight is 462 g/mol. The van der Waals surface area contributed by atoms with Gasteiger partial charge in [-0.1, -0.05) is 23.7 Å². The largest absolute Gasteiger partial charge is 0.488 e. The molecule has 0 atom stereocenters. The van der Waals surface area contributed by atoms with Crippen molar-refractivity contribution in [3.05, 3.63) is 68.8 Å². The molecule has 0 amide bonds. The monoisotopic (exact) mass is 461 g/mol. The molecule has 0 unspecified atom stereocenters. The standard InChI is InChI=1S/C22H25ClFN5O3/c1-13(2)32-19-10-14(3)18(11-17(19)24)26-21-27-20(25-8-9-30)28-22(31)29(21)12-15-4-6-16(23)7-5-15/h4-7,10-11,13,30H,8-9,12H2,1-3H3,(H2,25,26,27,28,31). The predicted molar refractivity (Wildman–Crippen MR) is 123 cm³/mol. The smallest absolute Gasteiger partial charge is 0.353 e. The first-order valence-electron chi connectivity index (χ1n) is 10.1. The number of nitrogens with one attached hydrogen (secondary N) is 2. The van der Waals surface area contributed by atoms with E-state index in [4.69, 9.17) is 21.4 Å². The summed E-state index contributed by atoms with van der Waals surface area (Å²) in [5, 5.41) is 15.4. The van der Waals surface area contributed by atoms with Crippen LogP contribution >= 0.6 is 11.6 Å². The maximum absolute atomic E-state index is 14.6. The van der Waals surface area contributed by atoms with Gasteiger partial charge in [0.1, 0.15) is 0 Å². The summed E-state index contributed by atoms with van der Waals surface area (Å²) in [6, 6.07) is 9.91. The SMILES string of the molecule is Cc1cc(OC(C)C)c(F)cc1Nc1nc(NCCO)nc(=O)n1Cc1ccc(Cl)cc1. The summed E-state index contributed by atoms with van der Waals surface area (Å²) in [6.07, 6.45) is -0.172. The summed E-state index contributed by atoms with van der Waals surface area (Å²) in [6.45, 7) is 5.63. The second kappa shape index (κ2) is 10.4. The van der Waals surface area contributed by atoms with Gasteiger partial charge in [0.25, 0.3) is 0 Å². The summed E-state index contributed by atoms with van der Waals surface area (Å²) in [5.41, 5.74) is 1.38. The number of aryl methyl sites for hydroxylation is 1. The Balaban J connectivity index is 2.00. The molecule has 0 fully saturated rings. The van der Waals surface area contributed by atoms with Crippen LogP contribution in [0, 0.1) is 12.7 Å². The third kappa shape index (κ3) is 5.95. The van der Waals surface area contributed by atoms with E-state index in [-0.39, 0.29) is 43.4 Å². The lowest BCUT2D eigenvalue weighted by molar-refractivity contribution is 0.231. The number of hydrogen-bond acceptors (Lipinski definition) is 7. The molecule has 0 aliphatic rings. The number of aliphatic hydroxyl groups excluding tert-OH is 1. The van der Waals surface area contributed by atoms with E-state index in [1.165, 1.54) is 10.6 Å². The van der Waals surface area contributed by atoms with Crippen LogP contribution in [0.25, 0.3) is 0 Å². The van der Waals surface area contributed by atoms with Crippen LogP contribution in [0.3, 0.4) is 0 Å². The molecule has 0 bridgehead atoms. The first kappa shape index (κ1) is 23.5. The van der Waals surface area contributed by atoms with Gasteiger partial charge in [0.05, 0.1) is 19.3 Å². The van der Waals surface area contributed by atoms with Crippen LogP contribution in [0.1, 0.15) is 25.0 Å². The fourth-order valence-electron chi connectivity index (χ4n) is 2.94. The van der Waals surface area contributed by atoms with E-state index >= 15 is 0 Å². The quantitative estimate of drug-likeness (QED) is 0.446. The Bertz CT molecular complexity index is 1140. The number of ether oxygens (including phenoxy) is 1. The molecule has 0 saturated carbocycles. The molecule has 1 aromatic heterocycles. The van der Waals surface area contributed by atoms with Crippen molar-refractivity contribution in [1.82, 2.24) is 14.5 Å². The van der Waals surface area contributed by atoms with Gasteiger partial charge in [0, 0.05) is 23.3 Å². The van der Waals surface area contributed by atoms with Gasteiger partial charge in [-0.15, -0.1) is 0 Å². The van der Waals surface area contributed by atoms with Crippen LogP contribution in [0.15, 0.2) is 41.2 Å². The lowest BCUT2D eigenvalue weighted by Gasteiger charge is -2.17. The number of rotatable bonds is 9. The van der Waals surface area contributed by atoms with E-state index in [1.54, 1.807) is 37.3 Å². The van der Waals surface area contributed by atoms with E-state index in [9.17, 15) is 9.18 Å². The van der Waals surface area contributed by atoms with Gasteiger partial charge in [-0.3, -0.25) is 4.57 Å². The maximum atomic E-state index is 14.6. The van der Waals surface area contributed by atoms with Crippen LogP contribution in [0.5, 0.6) is 5.75 Å². The second-order valence-corrected chi connectivity index (χ2v) is 7.84. The highest BCUT2D eigenvalue weighted by atomic mass is 35.5. The van der Waals surface area contributed by atoms with Crippen molar-refractivity contribution in [3.63, 3.8) is 0 Å². The Kier molecular flexibility index (Phi) is 7.66. The first-order chi connectivity index (χ1) is 15.3. The molecule has 3 N–H and O–H groups in total. The highest BCUT2D eigenvalue weighted by Crippen LogP contribution is 2.28. The molecule has 3 rings (SSSR count). The van der Waals surface area contributed by atoms with Gasteiger partial charge in [-0.25, -0.2) is 9.18 Å². The van der Waals surface area contributed by atoms with Crippen LogP contribution in [0.4, 0.5) is 22.0 Å². The summed E-state index contributed by atoms with van der Waals surface area (Å²) < 4.78 is 21.4. The van der Waals surface area contributed by atoms with E-state index in [2.05, 4.69) is 20.6 Å². The van der Waals surface area contributed by atoms with E-state index in [1.807, 2.05) is 13.8 Å². The number of halogens is 2. The fourth-order valence-corrected chi connectivity index (χ4v) is 3.06. The molecular formula is C22H25ClFN5O3. The molecule has 0 aliphatic heterocycles. The normalized spacial score (nSPS) is 11.0. The number of anilines is 3. The summed E-state index contributed by atoms with van der Waals surface area (Å²) in [4.78, 5) is 21.0. The van der Waals surface area contributed by atoms with Crippen molar-refractivity contribution in [2.45, 2.75) is 33.4 Å². The van der Waals surface area contributed by atoms with E-state index in [0.29, 0.717) is 16.3 Å². The number of benzene rings is 2. The van der Waals surface area contributed by atoms with Crippen molar-refractivity contribution in [2.75, 3.05) is 23.8 Å². The molecule has 170 valence electrons. The van der Waals surface area contributed by atoms with Crippen molar-refractivity contribution in [3.8, 4) is 5.75 Å². The van der Waals surface area contributed by atoms with Crippen LogP contribution < -0.4 is 21.1 Å². The van der Waals surface area contributed by atoms with E-state index < -0.39 is 11.5 Å². The van der Waals surface area contributed by atoms with Crippen molar-refractivity contribution in [2.24, 2.45) is 0 Å². The van der Waals surface area contributed by atoms with Crippen molar-refractivity contribution in [1.29, 1.82) is 0 Å². The zero-order valence-corrected chi connectivity index (χ0v) is 18.8. The molecule has 10 heteroatoms. The van der Waals surface area contributed by atoms with Gasteiger partial charge in [-0.05, 0) is 50.1 Å². The Morgan fingerprint density at radius 2 is 1.94 bits per heavy atom. The van der Waals surface area contributed by atoms with Gasteiger partial charge >= 0.3 is 5.69 Å². The molecular weight excluding hydrogens is 437 g/mol. The Morgan fingerprint density at radius 1 is 1.22 bits per heavy atom. The highest BCUT2D eigenvalue weighted by molar-refractivity contribution is 6.30. The molecule has 0 saturated heterocycles. The lowest BCUT2D eigenvalue weighted by atomic mass is 10.2. The second-order valence-electron chi connectivity index (χ2n) is 7.41. The van der Waals surface area contributed by atoms with Crippen LogP contribution in [-0.4, -0.2) is 38.9 Å². The predicted octanol–water partition coefficient (Wildman–Crippen LogP) is 3.72. The summed E-state index contributed by atoms with van der Waals surface area (Å²) in [7, 11) is 0. The first-order valence-corrected chi connectivity index (χ1v) is 10.5. The van der Waals surface area contributed by atoms with Crippen molar-refractivity contribution >= 4 is 29.2 Å². The zero-order valence-electron chi connectivity index (χ0n) is 18.0. The maximum Gasteiger partial charge on any atom is 0.353 e. The van der Waals surface area contributed by atoms with Crippen LogP contribution in [0.2, 0.25) is 5.02 Å². The highest BCUT2D eigenvalue weighted by Gasteiger charge is 2.15. The molecule has 3 aromatic rings. The number of hydrogen-bond donors (Lipinski definition) is 3. The Morgan fingerprint density at radius 3 is 2.59 bits per heavy atom. The average Bonchev–Trinajstić information content (AvgIpc) is 2.73. The molecule has 1 heterocycles. The fraction of sp³-hybridized carbons (Fsp3) is 0.318. The summed E-state index contributed by atoms with van der Waals surface area (Å²) in [5.74, 6) is -0.169. The van der Waals surface area contributed by atoms with Gasteiger partial charge in [0.2, 0.25) is 11.9 Å². The third-order valence-electron chi connectivity index (χ3n) is 4.44. The zero-order chi connectivity index (χ0) is 23.3. The number of aromatic nitrogens is 3. The van der Waals surface area contributed by atoms with Crippen molar-refractivity contribution < 1.29 is 14.2 Å². The minimum atomic E-state index is -0.559.